The van der Waals surface area contributed by atoms with Crippen molar-refractivity contribution in [3.05, 3.63) is 22.7 Å². The number of rotatable bonds is 4. The molecule has 2 unspecified atom stereocenters. The van der Waals surface area contributed by atoms with Gasteiger partial charge < -0.3 is 4.74 Å². The Hall–Kier alpha value is -0.670. The first-order chi connectivity index (χ1) is 8.92. The van der Waals surface area contributed by atoms with Gasteiger partial charge in [-0.15, -0.1) is 0 Å². The minimum Gasteiger partial charge on any atom is -0.495 e. The minimum absolute atomic E-state index is 0.116. The molecule has 1 aromatic rings. The normalized spacial score (nSPS) is 23.5. The fourth-order valence-corrected chi connectivity index (χ4v) is 3.77. The third-order valence-corrected chi connectivity index (χ3v) is 4.79. The average molecular weight is 350 g/mol. The highest BCUT2D eigenvalue weighted by Crippen LogP contribution is 2.27. The number of hydrogen-bond donors (Lipinski definition) is 3. The summed E-state index contributed by atoms with van der Waals surface area (Å²) in [6.07, 6.45) is 0.346. The van der Waals surface area contributed by atoms with Crippen LogP contribution in [0.1, 0.15) is 13.3 Å². The lowest BCUT2D eigenvalue weighted by Crippen LogP contribution is -2.44. The van der Waals surface area contributed by atoms with Crippen LogP contribution in [-0.2, 0) is 10.0 Å². The SMILES string of the molecule is COc1ccc(Br)cc1S(=O)(=O)NC1CC(C)NN1. The van der Waals surface area contributed by atoms with Gasteiger partial charge in [-0.25, -0.2) is 13.8 Å². The van der Waals surface area contributed by atoms with Crippen molar-refractivity contribution in [1.29, 1.82) is 0 Å². The van der Waals surface area contributed by atoms with E-state index in [1.165, 1.54) is 13.2 Å². The zero-order chi connectivity index (χ0) is 14.0. The molecule has 8 heteroatoms. The first kappa shape index (κ1) is 14.7. The molecule has 1 aliphatic rings. The highest BCUT2D eigenvalue weighted by Gasteiger charge is 2.27. The lowest BCUT2D eigenvalue weighted by Gasteiger charge is -2.15. The topological polar surface area (TPSA) is 79.5 Å². The Morgan fingerprint density at radius 2 is 2.16 bits per heavy atom. The van der Waals surface area contributed by atoms with Crippen LogP contribution in [0.5, 0.6) is 5.75 Å². The zero-order valence-corrected chi connectivity index (χ0v) is 13.0. The van der Waals surface area contributed by atoms with Gasteiger partial charge in [0, 0.05) is 10.5 Å². The van der Waals surface area contributed by atoms with E-state index in [4.69, 9.17) is 4.74 Å². The number of halogens is 1. The van der Waals surface area contributed by atoms with Gasteiger partial charge in [-0.3, -0.25) is 5.43 Å². The van der Waals surface area contributed by atoms with E-state index in [1.54, 1.807) is 12.1 Å². The number of hydrazine groups is 1. The first-order valence-electron chi connectivity index (χ1n) is 5.79. The maximum absolute atomic E-state index is 12.3. The lowest BCUT2D eigenvalue weighted by atomic mass is 10.2. The van der Waals surface area contributed by atoms with Gasteiger partial charge in [-0.05, 0) is 31.5 Å². The third-order valence-electron chi connectivity index (χ3n) is 2.81. The number of methoxy groups -OCH3 is 1. The van der Waals surface area contributed by atoms with Gasteiger partial charge >= 0.3 is 0 Å². The quantitative estimate of drug-likeness (QED) is 0.754. The molecule has 0 spiro atoms. The molecule has 0 aliphatic carbocycles. The second-order valence-corrected chi connectivity index (χ2v) is 6.99. The number of ether oxygens (including phenoxy) is 1. The van der Waals surface area contributed by atoms with Crippen molar-refractivity contribution in [2.24, 2.45) is 0 Å². The molecule has 0 aromatic heterocycles. The molecule has 0 bridgehead atoms. The molecule has 2 atom stereocenters. The molecule has 0 saturated carbocycles. The van der Waals surface area contributed by atoms with Gasteiger partial charge in [0.25, 0.3) is 0 Å². The summed E-state index contributed by atoms with van der Waals surface area (Å²) in [6.45, 7) is 1.97. The van der Waals surface area contributed by atoms with Crippen LogP contribution in [0.25, 0.3) is 0 Å². The van der Waals surface area contributed by atoms with Gasteiger partial charge in [0.1, 0.15) is 10.6 Å². The summed E-state index contributed by atoms with van der Waals surface area (Å²) in [5.41, 5.74) is 5.86. The Labute approximate surface area is 121 Å². The van der Waals surface area contributed by atoms with E-state index >= 15 is 0 Å². The Balaban J connectivity index is 2.26. The van der Waals surface area contributed by atoms with Crippen LogP contribution in [0.15, 0.2) is 27.6 Å². The molecule has 1 fully saturated rings. The van der Waals surface area contributed by atoms with E-state index in [-0.39, 0.29) is 17.1 Å². The van der Waals surface area contributed by atoms with Gasteiger partial charge in [0.2, 0.25) is 10.0 Å². The van der Waals surface area contributed by atoms with Crippen LogP contribution in [-0.4, -0.2) is 27.7 Å². The van der Waals surface area contributed by atoms with E-state index < -0.39 is 10.0 Å². The van der Waals surface area contributed by atoms with Crippen LogP contribution in [0.2, 0.25) is 0 Å². The van der Waals surface area contributed by atoms with Gasteiger partial charge in [0.15, 0.2) is 0 Å². The van der Waals surface area contributed by atoms with Gasteiger partial charge in [-0.1, -0.05) is 15.9 Å². The molecule has 0 radical (unpaired) electrons. The van der Waals surface area contributed by atoms with Crippen LogP contribution in [0.4, 0.5) is 0 Å². The predicted octanol–water partition coefficient (Wildman–Crippen LogP) is 0.948. The van der Waals surface area contributed by atoms with Crippen molar-refractivity contribution in [3.63, 3.8) is 0 Å². The number of sulfonamides is 1. The molecule has 1 aliphatic heterocycles. The highest BCUT2D eigenvalue weighted by atomic mass is 79.9. The second-order valence-electron chi connectivity index (χ2n) is 4.39. The molecule has 0 amide bonds. The summed E-state index contributed by atoms with van der Waals surface area (Å²) in [4.78, 5) is 0.116. The Bertz CT molecular complexity index is 564. The molecule has 1 heterocycles. The van der Waals surface area contributed by atoms with E-state index in [0.717, 1.165) is 0 Å². The number of hydrogen-bond acceptors (Lipinski definition) is 5. The highest BCUT2D eigenvalue weighted by molar-refractivity contribution is 9.10. The summed E-state index contributed by atoms with van der Waals surface area (Å²) in [5, 5.41) is 0. The average Bonchev–Trinajstić information content (AvgIpc) is 2.74. The van der Waals surface area contributed by atoms with Crippen LogP contribution < -0.4 is 20.3 Å². The standard InChI is InChI=1S/C11H16BrN3O3S/c1-7-5-11(14-13-7)15-19(16,17)10-6-8(12)3-4-9(10)18-2/h3-4,6-7,11,13-15H,5H2,1-2H3. The number of nitrogens with one attached hydrogen (secondary N) is 3. The summed E-state index contributed by atoms with van der Waals surface area (Å²) in [5.74, 6) is 0.315. The fourth-order valence-electron chi connectivity index (χ4n) is 1.90. The third kappa shape index (κ3) is 3.46. The zero-order valence-electron chi connectivity index (χ0n) is 10.6. The predicted molar refractivity (Wildman–Crippen MR) is 75.2 cm³/mol. The van der Waals surface area contributed by atoms with Gasteiger partial charge in [0.05, 0.1) is 13.3 Å². The summed E-state index contributed by atoms with van der Waals surface area (Å²) in [7, 11) is -2.20. The summed E-state index contributed by atoms with van der Waals surface area (Å²) < 4.78 is 33.1. The molecule has 106 valence electrons. The molecule has 6 nitrogen and oxygen atoms in total. The minimum atomic E-state index is -3.64. The van der Waals surface area contributed by atoms with Crippen molar-refractivity contribution in [2.75, 3.05) is 7.11 Å². The van der Waals surface area contributed by atoms with E-state index in [9.17, 15) is 8.42 Å². The second kappa shape index (κ2) is 5.76. The maximum Gasteiger partial charge on any atom is 0.245 e. The molecular weight excluding hydrogens is 334 g/mol. The molecular formula is C11H16BrN3O3S. The van der Waals surface area contributed by atoms with E-state index in [1.807, 2.05) is 6.92 Å². The summed E-state index contributed by atoms with van der Waals surface area (Å²) >= 11 is 3.26. The van der Waals surface area contributed by atoms with E-state index in [2.05, 4.69) is 31.5 Å². The number of benzene rings is 1. The maximum atomic E-state index is 12.3. The van der Waals surface area contributed by atoms with Crippen molar-refractivity contribution < 1.29 is 13.2 Å². The first-order valence-corrected chi connectivity index (χ1v) is 8.07. The Morgan fingerprint density at radius 1 is 1.42 bits per heavy atom. The van der Waals surface area contributed by atoms with Crippen molar-refractivity contribution in [2.45, 2.75) is 30.4 Å². The Kier molecular flexibility index (Phi) is 4.46. The van der Waals surface area contributed by atoms with Crippen molar-refractivity contribution in [1.82, 2.24) is 15.6 Å². The molecule has 19 heavy (non-hydrogen) atoms. The lowest BCUT2D eigenvalue weighted by molar-refractivity contribution is 0.401. The fraction of sp³-hybridized carbons (Fsp3) is 0.455. The summed E-state index contributed by atoms with van der Waals surface area (Å²) in [6, 6.07) is 5.08. The van der Waals surface area contributed by atoms with Crippen molar-refractivity contribution in [3.8, 4) is 5.75 Å². The Morgan fingerprint density at radius 3 is 2.74 bits per heavy atom. The van der Waals surface area contributed by atoms with Crippen LogP contribution >= 0.6 is 15.9 Å². The molecule has 3 N–H and O–H groups in total. The van der Waals surface area contributed by atoms with Crippen LogP contribution in [0.3, 0.4) is 0 Å². The van der Waals surface area contributed by atoms with E-state index in [0.29, 0.717) is 16.6 Å². The monoisotopic (exact) mass is 349 g/mol. The molecule has 1 saturated heterocycles. The van der Waals surface area contributed by atoms with Gasteiger partial charge in [-0.2, -0.15) is 4.72 Å². The molecule has 1 aromatic carbocycles. The van der Waals surface area contributed by atoms with Crippen LogP contribution in [0, 0.1) is 0 Å². The van der Waals surface area contributed by atoms with Crippen molar-refractivity contribution >= 4 is 26.0 Å². The smallest absolute Gasteiger partial charge is 0.245 e. The molecule has 2 rings (SSSR count). The largest absolute Gasteiger partial charge is 0.495 e.